The molecule has 5 rings (SSSR count). The van der Waals surface area contributed by atoms with Gasteiger partial charge in [-0.15, -0.1) is 0 Å². The first-order valence-electron chi connectivity index (χ1n) is 9.99. The van der Waals surface area contributed by atoms with Crippen LogP contribution in [0.2, 0.25) is 0 Å². The zero-order valence-corrected chi connectivity index (χ0v) is 17.2. The van der Waals surface area contributed by atoms with E-state index in [1.165, 1.54) is 0 Å². The van der Waals surface area contributed by atoms with Gasteiger partial charge in [0.15, 0.2) is 5.82 Å². The van der Waals surface area contributed by atoms with Gasteiger partial charge in [-0.3, -0.25) is 5.10 Å². The van der Waals surface area contributed by atoms with Gasteiger partial charge in [0.2, 0.25) is 0 Å². The molecule has 0 aliphatic rings. The maximum absolute atomic E-state index is 5.69. The number of methoxy groups -OCH3 is 1. The van der Waals surface area contributed by atoms with Crippen LogP contribution in [-0.2, 0) is 11.3 Å². The minimum atomic E-state index is 0.491. The molecular weight excluding hydrogens is 396 g/mol. The van der Waals surface area contributed by atoms with E-state index >= 15 is 0 Å². The third-order valence-corrected chi connectivity index (χ3v) is 5.04. The van der Waals surface area contributed by atoms with Crippen LogP contribution >= 0.6 is 0 Å². The molecule has 0 atom stereocenters. The van der Waals surface area contributed by atoms with Crippen LogP contribution in [0.5, 0.6) is 5.75 Å². The molecule has 0 saturated carbocycles. The number of H-pyrrole nitrogens is 2. The van der Waals surface area contributed by atoms with Gasteiger partial charge in [-0.25, -0.2) is 15.0 Å². The Hall–Kier alpha value is -3.92. The number of ether oxygens (including phenoxy) is 2. The van der Waals surface area contributed by atoms with Crippen molar-refractivity contribution in [2.24, 2.45) is 0 Å². The Bertz CT molecular complexity index is 1340. The average Bonchev–Trinajstić information content (AvgIpc) is 3.51. The van der Waals surface area contributed by atoms with Crippen LogP contribution in [0.15, 0.2) is 43.0 Å². The molecule has 0 unspecified atom stereocenters. The summed E-state index contributed by atoms with van der Waals surface area (Å²) in [6.45, 7) is 3.95. The number of aromatic amines is 2. The van der Waals surface area contributed by atoms with E-state index in [9.17, 15) is 0 Å². The highest BCUT2D eigenvalue weighted by Gasteiger charge is 2.15. The molecule has 31 heavy (non-hydrogen) atoms. The summed E-state index contributed by atoms with van der Waals surface area (Å²) in [6, 6.07) is 7.74. The Kier molecular flexibility index (Phi) is 4.97. The van der Waals surface area contributed by atoms with Crippen molar-refractivity contribution < 1.29 is 9.47 Å². The van der Waals surface area contributed by atoms with Gasteiger partial charge >= 0.3 is 0 Å². The van der Waals surface area contributed by atoms with Crippen molar-refractivity contribution in [3.05, 3.63) is 43.0 Å². The second-order valence-corrected chi connectivity index (χ2v) is 6.95. The number of fused-ring (bicyclic) bond motifs is 2. The van der Waals surface area contributed by atoms with Crippen LogP contribution in [0, 0.1) is 0 Å². The third-order valence-electron chi connectivity index (χ3n) is 5.04. The van der Waals surface area contributed by atoms with E-state index in [0.717, 1.165) is 45.7 Å². The minimum absolute atomic E-state index is 0.491. The lowest BCUT2D eigenvalue weighted by Crippen LogP contribution is -2.03. The molecule has 4 heterocycles. The van der Waals surface area contributed by atoms with E-state index < -0.39 is 0 Å². The summed E-state index contributed by atoms with van der Waals surface area (Å²) >= 11 is 0. The van der Waals surface area contributed by atoms with E-state index in [0.29, 0.717) is 24.9 Å². The number of hydrogen-bond acceptors (Lipinski definition) is 7. The first kappa shape index (κ1) is 19.1. The predicted octanol–water partition coefficient (Wildman–Crippen LogP) is 3.49. The van der Waals surface area contributed by atoms with Gasteiger partial charge in [-0.2, -0.15) is 5.10 Å². The standard InChI is InChI=1S/C21H22N8O2/c1-3-29-7-6-14-19(22-12-23-21(14)29)27-17-11-24-28-18(17)20-25-15-5-4-13(10-16(15)26-20)31-9-8-30-2/h4-7,10-12H,3,8-9H2,1-2H3,(H,24,28)(H,25,26)(H,22,23,27). The Morgan fingerprint density at radius 3 is 2.97 bits per heavy atom. The van der Waals surface area contributed by atoms with E-state index in [-0.39, 0.29) is 0 Å². The molecule has 10 nitrogen and oxygen atoms in total. The number of nitrogens with one attached hydrogen (secondary N) is 3. The lowest BCUT2D eigenvalue weighted by atomic mass is 10.3. The Balaban J connectivity index is 1.45. The molecule has 4 aromatic heterocycles. The SMILES string of the molecule is CCn1ccc2c(Nc3cn[nH]c3-c3nc4ccc(OCCOC)cc4[nH]3)ncnc21. The molecule has 0 amide bonds. The number of nitrogens with zero attached hydrogens (tertiary/aromatic N) is 5. The highest BCUT2D eigenvalue weighted by Crippen LogP contribution is 2.30. The minimum Gasteiger partial charge on any atom is -0.491 e. The van der Waals surface area contributed by atoms with Crippen LogP contribution in [0.25, 0.3) is 33.6 Å². The summed E-state index contributed by atoms with van der Waals surface area (Å²) in [6.07, 6.45) is 5.28. The number of benzene rings is 1. The molecule has 1 aromatic carbocycles. The van der Waals surface area contributed by atoms with Crippen molar-refractivity contribution in [1.82, 2.24) is 34.7 Å². The van der Waals surface area contributed by atoms with E-state index in [1.54, 1.807) is 19.6 Å². The van der Waals surface area contributed by atoms with Crippen LogP contribution in [0.1, 0.15) is 6.92 Å². The summed E-state index contributed by atoms with van der Waals surface area (Å²) in [4.78, 5) is 16.8. The summed E-state index contributed by atoms with van der Waals surface area (Å²) in [5, 5.41) is 11.5. The van der Waals surface area contributed by atoms with Gasteiger partial charge in [0.1, 0.15) is 35.8 Å². The monoisotopic (exact) mass is 418 g/mol. The zero-order valence-electron chi connectivity index (χ0n) is 17.2. The highest BCUT2D eigenvalue weighted by atomic mass is 16.5. The second kappa shape index (κ2) is 8.07. The topological polar surface area (TPSA) is 119 Å². The van der Waals surface area contributed by atoms with Crippen LogP contribution < -0.4 is 10.1 Å². The number of aromatic nitrogens is 7. The highest BCUT2D eigenvalue weighted by molar-refractivity contribution is 5.91. The van der Waals surface area contributed by atoms with Gasteiger partial charge in [-0.1, -0.05) is 0 Å². The predicted molar refractivity (Wildman–Crippen MR) is 118 cm³/mol. The van der Waals surface area contributed by atoms with Gasteiger partial charge in [0.05, 0.1) is 34.9 Å². The largest absolute Gasteiger partial charge is 0.491 e. The van der Waals surface area contributed by atoms with Crippen molar-refractivity contribution in [3.63, 3.8) is 0 Å². The Labute approximate surface area is 177 Å². The van der Waals surface area contributed by atoms with E-state index in [4.69, 9.17) is 14.5 Å². The number of hydrogen-bond donors (Lipinski definition) is 3. The number of imidazole rings is 1. The maximum atomic E-state index is 5.69. The summed E-state index contributed by atoms with van der Waals surface area (Å²) in [5.74, 6) is 2.14. The van der Waals surface area contributed by atoms with Crippen molar-refractivity contribution in [2.45, 2.75) is 13.5 Å². The van der Waals surface area contributed by atoms with Gasteiger partial charge in [-0.05, 0) is 25.1 Å². The molecule has 0 saturated heterocycles. The van der Waals surface area contributed by atoms with Crippen LogP contribution in [0.4, 0.5) is 11.5 Å². The molecule has 158 valence electrons. The molecule has 0 aliphatic carbocycles. The molecule has 3 N–H and O–H groups in total. The Morgan fingerprint density at radius 2 is 2.10 bits per heavy atom. The van der Waals surface area contributed by atoms with Gasteiger partial charge in [0, 0.05) is 25.9 Å². The average molecular weight is 418 g/mol. The number of anilines is 2. The van der Waals surface area contributed by atoms with Crippen molar-refractivity contribution >= 4 is 33.6 Å². The van der Waals surface area contributed by atoms with Crippen molar-refractivity contribution in [2.75, 3.05) is 25.6 Å². The third kappa shape index (κ3) is 3.57. The van der Waals surface area contributed by atoms with Gasteiger partial charge in [0.25, 0.3) is 0 Å². The lowest BCUT2D eigenvalue weighted by molar-refractivity contribution is 0.146. The first-order chi connectivity index (χ1) is 15.3. The van der Waals surface area contributed by atoms with Crippen molar-refractivity contribution in [1.29, 1.82) is 0 Å². The van der Waals surface area contributed by atoms with Gasteiger partial charge < -0.3 is 24.3 Å². The quantitative estimate of drug-likeness (QED) is 0.330. The fourth-order valence-electron chi connectivity index (χ4n) is 3.49. The molecule has 10 heteroatoms. The van der Waals surface area contributed by atoms with E-state index in [2.05, 4.69) is 42.0 Å². The van der Waals surface area contributed by atoms with E-state index in [1.807, 2.05) is 30.5 Å². The fraction of sp³-hybridized carbons (Fsp3) is 0.238. The molecule has 0 aliphatic heterocycles. The zero-order chi connectivity index (χ0) is 21.2. The lowest BCUT2D eigenvalue weighted by Gasteiger charge is -2.06. The molecule has 0 fully saturated rings. The van der Waals surface area contributed by atoms with Crippen molar-refractivity contribution in [3.8, 4) is 17.3 Å². The summed E-state index contributed by atoms with van der Waals surface area (Å²) in [5.41, 5.74) is 4.09. The fourth-order valence-corrected chi connectivity index (χ4v) is 3.49. The molecule has 0 spiro atoms. The smallest absolute Gasteiger partial charge is 0.158 e. The second-order valence-electron chi connectivity index (χ2n) is 6.95. The summed E-state index contributed by atoms with van der Waals surface area (Å²) < 4.78 is 12.8. The van der Waals surface area contributed by atoms with Crippen LogP contribution in [0.3, 0.4) is 0 Å². The maximum Gasteiger partial charge on any atom is 0.158 e. The normalized spacial score (nSPS) is 11.4. The number of rotatable bonds is 8. The number of aryl methyl sites for hydroxylation is 1. The molecule has 0 bridgehead atoms. The van der Waals surface area contributed by atoms with Crippen LogP contribution in [-0.4, -0.2) is 55.0 Å². The summed E-state index contributed by atoms with van der Waals surface area (Å²) in [7, 11) is 1.65. The first-order valence-corrected chi connectivity index (χ1v) is 9.99. The molecule has 0 radical (unpaired) electrons. The Morgan fingerprint density at radius 1 is 1.16 bits per heavy atom. The molecule has 5 aromatic rings. The molecular formula is C21H22N8O2.